The lowest BCUT2D eigenvalue weighted by molar-refractivity contribution is -0.111. The summed E-state index contributed by atoms with van der Waals surface area (Å²) >= 11 is 6.44. The highest BCUT2D eigenvalue weighted by Gasteiger charge is 2.18. The molecule has 3 aromatic rings. The first-order valence-electron chi connectivity index (χ1n) is 10.4. The molecule has 33 heavy (non-hydrogen) atoms. The SMILES string of the molecule is Cc1nn(-c2ccc(F)cc2)c(Cl)c1C=CC(=O)Nc1ccc(C(=O)N2CCOCC2)cc1. The summed E-state index contributed by atoms with van der Waals surface area (Å²) in [4.78, 5) is 26.6. The van der Waals surface area contributed by atoms with Gasteiger partial charge in [0, 0.05) is 36.0 Å². The first kappa shape index (κ1) is 22.7. The van der Waals surface area contributed by atoms with Gasteiger partial charge in [-0.15, -0.1) is 0 Å². The molecule has 2 amide bonds. The molecule has 170 valence electrons. The topological polar surface area (TPSA) is 76.5 Å². The normalized spacial score (nSPS) is 14.0. The summed E-state index contributed by atoms with van der Waals surface area (Å²) in [5.74, 6) is -0.763. The van der Waals surface area contributed by atoms with Gasteiger partial charge in [-0.3, -0.25) is 9.59 Å². The van der Waals surface area contributed by atoms with Gasteiger partial charge >= 0.3 is 0 Å². The van der Waals surface area contributed by atoms with Crippen molar-refractivity contribution in [1.29, 1.82) is 0 Å². The van der Waals surface area contributed by atoms with Crippen molar-refractivity contribution in [3.05, 3.63) is 82.4 Å². The zero-order valence-corrected chi connectivity index (χ0v) is 18.7. The summed E-state index contributed by atoms with van der Waals surface area (Å²) in [6.45, 7) is 3.99. The largest absolute Gasteiger partial charge is 0.378 e. The van der Waals surface area contributed by atoms with E-state index in [9.17, 15) is 14.0 Å². The average molecular weight is 469 g/mol. The third-order valence-corrected chi connectivity index (χ3v) is 5.58. The van der Waals surface area contributed by atoms with E-state index < -0.39 is 0 Å². The number of amides is 2. The van der Waals surface area contributed by atoms with Crippen molar-refractivity contribution in [1.82, 2.24) is 14.7 Å². The molecule has 0 radical (unpaired) electrons. The predicted octanol–water partition coefficient (Wildman–Crippen LogP) is 4.10. The number of nitrogens with zero attached hydrogens (tertiary/aromatic N) is 3. The zero-order valence-electron chi connectivity index (χ0n) is 17.9. The summed E-state index contributed by atoms with van der Waals surface area (Å²) < 4.78 is 19.9. The van der Waals surface area contributed by atoms with Crippen LogP contribution in [0.15, 0.2) is 54.6 Å². The number of carbonyl (C=O) groups excluding carboxylic acids is 2. The molecule has 0 spiro atoms. The average Bonchev–Trinajstić information content (AvgIpc) is 3.12. The first-order valence-corrected chi connectivity index (χ1v) is 10.8. The van der Waals surface area contributed by atoms with Crippen LogP contribution in [-0.2, 0) is 9.53 Å². The molecule has 2 aromatic carbocycles. The van der Waals surface area contributed by atoms with Crippen LogP contribution >= 0.6 is 11.6 Å². The van der Waals surface area contributed by atoms with Crippen molar-refractivity contribution in [2.75, 3.05) is 31.6 Å². The number of halogens is 2. The second-order valence-electron chi connectivity index (χ2n) is 7.48. The highest BCUT2D eigenvalue weighted by molar-refractivity contribution is 6.31. The molecular formula is C24H22ClFN4O3. The molecule has 1 fully saturated rings. The quantitative estimate of drug-likeness (QED) is 0.572. The second kappa shape index (κ2) is 9.97. The van der Waals surface area contributed by atoms with Crippen molar-refractivity contribution in [3.8, 4) is 5.69 Å². The van der Waals surface area contributed by atoms with E-state index >= 15 is 0 Å². The molecule has 2 heterocycles. The van der Waals surface area contributed by atoms with Gasteiger partial charge in [-0.2, -0.15) is 5.10 Å². The molecule has 0 atom stereocenters. The van der Waals surface area contributed by atoms with Crippen LogP contribution in [0.3, 0.4) is 0 Å². The molecule has 1 aliphatic heterocycles. The van der Waals surface area contributed by atoms with Gasteiger partial charge in [-0.25, -0.2) is 9.07 Å². The van der Waals surface area contributed by atoms with Gasteiger partial charge in [-0.05, 0) is 61.5 Å². The number of ether oxygens (including phenoxy) is 1. The predicted molar refractivity (Wildman–Crippen MR) is 124 cm³/mol. The van der Waals surface area contributed by atoms with Crippen LogP contribution in [0.5, 0.6) is 0 Å². The van der Waals surface area contributed by atoms with Crippen molar-refractivity contribution >= 4 is 35.2 Å². The minimum absolute atomic E-state index is 0.0562. The number of morpholine rings is 1. The van der Waals surface area contributed by atoms with E-state index in [0.29, 0.717) is 59.7 Å². The number of carbonyl (C=O) groups is 2. The van der Waals surface area contributed by atoms with Gasteiger partial charge in [0.2, 0.25) is 5.91 Å². The Morgan fingerprint density at radius 1 is 1.09 bits per heavy atom. The number of nitrogens with one attached hydrogen (secondary N) is 1. The number of benzene rings is 2. The molecule has 4 rings (SSSR count). The summed E-state index contributed by atoms with van der Waals surface area (Å²) in [7, 11) is 0. The lowest BCUT2D eigenvalue weighted by Gasteiger charge is -2.26. The van der Waals surface area contributed by atoms with E-state index in [-0.39, 0.29) is 17.6 Å². The molecule has 1 aliphatic rings. The van der Waals surface area contributed by atoms with E-state index in [1.165, 1.54) is 22.9 Å². The minimum atomic E-state index is -0.354. The molecule has 9 heteroatoms. The maximum absolute atomic E-state index is 13.2. The fourth-order valence-electron chi connectivity index (χ4n) is 3.44. The Kier molecular flexibility index (Phi) is 6.86. The Bertz CT molecular complexity index is 1180. The van der Waals surface area contributed by atoms with E-state index in [1.54, 1.807) is 54.3 Å². The molecule has 1 aromatic heterocycles. The highest BCUT2D eigenvalue weighted by Crippen LogP contribution is 2.25. The first-order chi connectivity index (χ1) is 15.9. The molecule has 0 aliphatic carbocycles. The number of hydrogen-bond acceptors (Lipinski definition) is 4. The molecule has 1 N–H and O–H groups in total. The lowest BCUT2D eigenvalue weighted by atomic mass is 10.1. The van der Waals surface area contributed by atoms with Gasteiger partial charge in [0.15, 0.2) is 0 Å². The molecule has 0 unspecified atom stereocenters. The van der Waals surface area contributed by atoms with Gasteiger partial charge in [0.1, 0.15) is 11.0 Å². The third kappa shape index (κ3) is 5.30. The highest BCUT2D eigenvalue weighted by atomic mass is 35.5. The van der Waals surface area contributed by atoms with Crippen LogP contribution in [0.25, 0.3) is 11.8 Å². The maximum atomic E-state index is 13.2. The van der Waals surface area contributed by atoms with Crippen molar-refractivity contribution in [2.24, 2.45) is 0 Å². The number of aryl methyl sites for hydroxylation is 1. The van der Waals surface area contributed by atoms with Crippen LogP contribution < -0.4 is 5.32 Å². The van der Waals surface area contributed by atoms with Gasteiger partial charge in [0.25, 0.3) is 5.91 Å². The number of aromatic nitrogens is 2. The fraction of sp³-hybridized carbons (Fsp3) is 0.208. The summed E-state index contributed by atoms with van der Waals surface area (Å²) in [5.41, 5.74) is 2.94. The van der Waals surface area contributed by atoms with Crippen LogP contribution in [0.4, 0.5) is 10.1 Å². The van der Waals surface area contributed by atoms with E-state index in [1.807, 2.05) is 0 Å². The number of hydrogen-bond donors (Lipinski definition) is 1. The number of rotatable bonds is 5. The number of anilines is 1. The van der Waals surface area contributed by atoms with Crippen molar-refractivity contribution in [2.45, 2.75) is 6.92 Å². The summed E-state index contributed by atoms with van der Waals surface area (Å²) in [5, 5.41) is 7.45. The Morgan fingerprint density at radius 3 is 2.42 bits per heavy atom. The van der Waals surface area contributed by atoms with Crippen molar-refractivity contribution in [3.63, 3.8) is 0 Å². The molecule has 0 bridgehead atoms. The molecule has 0 saturated carbocycles. The van der Waals surface area contributed by atoms with E-state index in [4.69, 9.17) is 16.3 Å². The molecule has 7 nitrogen and oxygen atoms in total. The lowest BCUT2D eigenvalue weighted by Crippen LogP contribution is -2.40. The Morgan fingerprint density at radius 2 is 1.76 bits per heavy atom. The summed E-state index contributed by atoms with van der Waals surface area (Å²) in [6, 6.07) is 12.5. The van der Waals surface area contributed by atoms with E-state index in [0.717, 1.165) is 0 Å². The Hall–Kier alpha value is -3.49. The second-order valence-corrected chi connectivity index (χ2v) is 7.84. The fourth-order valence-corrected chi connectivity index (χ4v) is 3.78. The maximum Gasteiger partial charge on any atom is 0.254 e. The monoisotopic (exact) mass is 468 g/mol. The van der Waals surface area contributed by atoms with E-state index in [2.05, 4.69) is 10.4 Å². The van der Waals surface area contributed by atoms with Gasteiger partial charge in [-0.1, -0.05) is 11.6 Å². The summed E-state index contributed by atoms with van der Waals surface area (Å²) in [6.07, 6.45) is 2.94. The zero-order chi connectivity index (χ0) is 23.4. The van der Waals surface area contributed by atoms with Crippen molar-refractivity contribution < 1.29 is 18.7 Å². The van der Waals surface area contributed by atoms with Crippen LogP contribution in [0.1, 0.15) is 21.6 Å². The van der Waals surface area contributed by atoms with Crippen LogP contribution in [-0.4, -0.2) is 52.8 Å². The smallest absolute Gasteiger partial charge is 0.254 e. The van der Waals surface area contributed by atoms with Crippen LogP contribution in [0, 0.1) is 12.7 Å². The standard InChI is InChI=1S/C24H22ClFN4O3/c1-16-21(23(25)30(28-16)20-8-4-18(26)5-9-20)10-11-22(31)27-19-6-2-17(3-7-19)24(32)29-12-14-33-15-13-29/h2-11H,12-15H2,1H3,(H,27,31). The Labute approximate surface area is 195 Å². The van der Waals surface area contributed by atoms with Crippen LogP contribution in [0.2, 0.25) is 5.15 Å². The van der Waals surface area contributed by atoms with Gasteiger partial charge in [0.05, 0.1) is 24.6 Å². The molecule has 1 saturated heterocycles. The minimum Gasteiger partial charge on any atom is -0.378 e. The molecular weight excluding hydrogens is 447 g/mol. The third-order valence-electron chi connectivity index (χ3n) is 5.22. The Balaban J connectivity index is 1.41. The van der Waals surface area contributed by atoms with Gasteiger partial charge < -0.3 is 15.0 Å².